The minimum atomic E-state index is 0.199. The second-order valence-electron chi connectivity index (χ2n) is 6.22. The summed E-state index contributed by atoms with van der Waals surface area (Å²) in [5, 5.41) is 6.67. The molecule has 2 N–H and O–H groups in total. The lowest BCUT2D eigenvalue weighted by Crippen LogP contribution is -2.47. The second kappa shape index (κ2) is 6.55. The first-order valence-electron chi connectivity index (χ1n) is 7.72. The molecule has 1 aliphatic heterocycles. The highest BCUT2D eigenvalue weighted by Crippen LogP contribution is 2.26. The third-order valence-electron chi connectivity index (χ3n) is 4.80. The number of rotatable bonds is 3. The molecule has 2 atom stereocenters. The van der Waals surface area contributed by atoms with E-state index in [2.05, 4.69) is 24.5 Å². The van der Waals surface area contributed by atoms with Gasteiger partial charge in [0.05, 0.1) is 5.92 Å². The van der Waals surface area contributed by atoms with Crippen LogP contribution in [0.2, 0.25) is 0 Å². The van der Waals surface area contributed by atoms with Crippen LogP contribution in [0, 0.1) is 11.8 Å². The highest BCUT2D eigenvalue weighted by Gasteiger charge is 2.27. The van der Waals surface area contributed by atoms with Gasteiger partial charge >= 0.3 is 0 Å². The molecule has 2 unspecified atom stereocenters. The van der Waals surface area contributed by atoms with Gasteiger partial charge < -0.3 is 10.6 Å². The van der Waals surface area contributed by atoms with E-state index in [1.165, 1.54) is 32.1 Å². The Balaban J connectivity index is 1.71. The monoisotopic (exact) mass is 252 g/mol. The molecule has 3 nitrogen and oxygen atoms in total. The molecule has 104 valence electrons. The molecule has 0 bridgehead atoms. The summed E-state index contributed by atoms with van der Waals surface area (Å²) in [4.78, 5) is 12.2. The van der Waals surface area contributed by atoms with E-state index in [0.717, 1.165) is 25.3 Å². The van der Waals surface area contributed by atoms with Crippen molar-refractivity contribution in [3.05, 3.63) is 0 Å². The highest BCUT2D eigenvalue weighted by atomic mass is 16.2. The third-order valence-corrected chi connectivity index (χ3v) is 4.80. The Morgan fingerprint density at radius 1 is 1.17 bits per heavy atom. The maximum atomic E-state index is 12.2. The first kappa shape index (κ1) is 13.9. The van der Waals surface area contributed by atoms with Gasteiger partial charge in [-0.3, -0.25) is 4.79 Å². The highest BCUT2D eigenvalue weighted by molar-refractivity contribution is 5.79. The summed E-state index contributed by atoms with van der Waals surface area (Å²) in [5.41, 5.74) is 0. The molecule has 2 fully saturated rings. The second-order valence-corrected chi connectivity index (χ2v) is 6.22. The van der Waals surface area contributed by atoms with Crippen LogP contribution < -0.4 is 10.6 Å². The number of amides is 1. The van der Waals surface area contributed by atoms with Crippen LogP contribution in [-0.2, 0) is 4.79 Å². The Morgan fingerprint density at radius 3 is 2.44 bits per heavy atom. The molecule has 0 aromatic rings. The number of nitrogens with one attached hydrogen (secondary N) is 2. The van der Waals surface area contributed by atoms with Crippen molar-refractivity contribution >= 4 is 5.91 Å². The third kappa shape index (κ3) is 3.71. The minimum Gasteiger partial charge on any atom is -0.353 e. The zero-order valence-electron chi connectivity index (χ0n) is 11.9. The number of carbonyl (C=O) groups is 1. The van der Waals surface area contributed by atoms with Crippen LogP contribution in [0.25, 0.3) is 0 Å². The molecule has 18 heavy (non-hydrogen) atoms. The summed E-state index contributed by atoms with van der Waals surface area (Å²) >= 11 is 0. The lowest BCUT2D eigenvalue weighted by Gasteiger charge is -2.31. The molecule has 1 saturated heterocycles. The summed E-state index contributed by atoms with van der Waals surface area (Å²) in [5.74, 6) is 1.38. The van der Waals surface area contributed by atoms with Crippen molar-refractivity contribution in [3.63, 3.8) is 0 Å². The van der Waals surface area contributed by atoms with Crippen LogP contribution in [-0.4, -0.2) is 24.5 Å². The van der Waals surface area contributed by atoms with E-state index in [1.54, 1.807) is 0 Å². The molecule has 0 spiro atoms. The van der Waals surface area contributed by atoms with E-state index in [1.807, 2.05) is 0 Å². The van der Waals surface area contributed by atoms with Crippen LogP contribution in [0.15, 0.2) is 0 Å². The fourth-order valence-corrected chi connectivity index (χ4v) is 3.26. The van der Waals surface area contributed by atoms with Crippen molar-refractivity contribution in [3.8, 4) is 0 Å². The molecular weight excluding hydrogens is 224 g/mol. The quantitative estimate of drug-likeness (QED) is 0.810. The Kier molecular flexibility index (Phi) is 5.04. The number of carbonyl (C=O) groups excluding carboxylic acids is 1. The van der Waals surface area contributed by atoms with Crippen molar-refractivity contribution in [1.29, 1.82) is 0 Å². The molecule has 2 rings (SSSR count). The van der Waals surface area contributed by atoms with Gasteiger partial charge in [-0.1, -0.05) is 13.3 Å². The summed E-state index contributed by atoms with van der Waals surface area (Å²) in [6.07, 6.45) is 8.42. The lowest BCUT2D eigenvalue weighted by molar-refractivity contribution is -0.126. The Labute approximate surface area is 111 Å². The van der Waals surface area contributed by atoms with Crippen LogP contribution in [0.3, 0.4) is 0 Å². The molecular formula is C15H28N2O. The minimum absolute atomic E-state index is 0.199. The average molecular weight is 252 g/mol. The standard InChI is InChI=1S/C15H28N2O/c1-3-12-5-8-14(9-6-12)17-15(18)13-7-4-11(2)16-10-13/h11-14,16H,3-10H2,1-2H3,(H,17,18). The van der Waals surface area contributed by atoms with Crippen LogP contribution in [0.4, 0.5) is 0 Å². The van der Waals surface area contributed by atoms with E-state index in [0.29, 0.717) is 12.1 Å². The number of piperidine rings is 1. The van der Waals surface area contributed by atoms with Crippen molar-refractivity contribution in [1.82, 2.24) is 10.6 Å². The Bertz CT molecular complexity index is 264. The smallest absolute Gasteiger partial charge is 0.224 e. The van der Waals surface area contributed by atoms with Gasteiger partial charge in [-0.05, 0) is 51.4 Å². The Morgan fingerprint density at radius 2 is 1.89 bits per heavy atom. The van der Waals surface area contributed by atoms with E-state index in [9.17, 15) is 4.79 Å². The molecule has 1 heterocycles. The zero-order valence-corrected chi connectivity index (χ0v) is 11.9. The zero-order chi connectivity index (χ0) is 13.0. The van der Waals surface area contributed by atoms with Gasteiger partial charge in [0.1, 0.15) is 0 Å². The van der Waals surface area contributed by atoms with Gasteiger partial charge in [-0.25, -0.2) is 0 Å². The predicted molar refractivity (Wildman–Crippen MR) is 74.4 cm³/mol. The van der Waals surface area contributed by atoms with E-state index < -0.39 is 0 Å². The normalized spacial score (nSPS) is 37.2. The van der Waals surface area contributed by atoms with Crippen LogP contribution >= 0.6 is 0 Å². The molecule has 1 aliphatic carbocycles. The first-order chi connectivity index (χ1) is 8.69. The van der Waals surface area contributed by atoms with Gasteiger partial charge in [0.15, 0.2) is 0 Å². The lowest BCUT2D eigenvalue weighted by atomic mass is 9.84. The molecule has 1 saturated carbocycles. The van der Waals surface area contributed by atoms with E-state index in [-0.39, 0.29) is 11.8 Å². The van der Waals surface area contributed by atoms with Crippen molar-refractivity contribution in [2.45, 2.75) is 70.9 Å². The SMILES string of the molecule is CCC1CCC(NC(=O)C2CCC(C)NC2)CC1. The van der Waals surface area contributed by atoms with E-state index in [4.69, 9.17) is 0 Å². The summed E-state index contributed by atoms with van der Waals surface area (Å²) in [7, 11) is 0. The van der Waals surface area contributed by atoms with Gasteiger partial charge in [-0.15, -0.1) is 0 Å². The average Bonchev–Trinajstić information content (AvgIpc) is 2.40. The number of hydrogen-bond donors (Lipinski definition) is 2. The Hall–Kier alpha value is -0.570. The molecule has 3 heteroatoms. The number of hydrogen-bond acceptors (Lipinski definition) is 2. The maximum absolute atomic E-state index is 12.2. The van der Waals surface area contributed by atoms with Crippen molar-refractivity contribution in [2.75, 3.05) is 6.54 Å². The van der Waals surface area contributed by atoms with Gasteiger partial charge in [0.2, 0.25) is 5.91 Å². The summed E-state index contributed by atoms with van der Waals surface area (Å²) in [6, 6.07) is 1.02. The van der Waals surface area contributed by atoms with Crippen LogP contribution in [0.1, 0.15) is 58.8 Å². The maximum Gasteiger partial charge on any atom is 0.224 e. The fourth-order valence-electron chi connectivity index (χ4n) is 3.26. The van der Waals surface area contributed by atoms with Gasteiger partial charge in [0, 0.05) is 18.6 Å². The molecule has 0 radical (unpaired) electrons. The fraction of sp³-hybridized carbons (Fsp3) is 0.933. The van der Waals surface area contributed by atoms with Gasteiger partial charge in [0.25, 0.3) is 0 Å². The summed E-state index contributed by atoms with van der Waals surface area (Å²) < 4.78 is 0. The molecule has 0 aromatic carbocycles. The van der Waals surface area contributed by atoms with Gasteiger partial charge in [-0.2, -0.15) is 0 Å². The summed E-state index contributed by atoms with van der Waals surface area (Å²) in [6.45, 7) is 5.33. The van der Waals surface area contributed by atoms with Crippen molar-refractivity contribution < 1.29 is 4.79 Å². The largest absolute Gasteiger partial charge is 0.353 e. The topological polar surface area (TPSA) is 41.1 Å². The molecule has 1 amide bonds. The van der Waals surface area contributed by atoms with E-state index >= 15 is 0 Å². The molecule has 2 aliphatic rings. The first-order valence-corrected chi connectivity index (χ1v) is 7.72. The predicted octanol–water partition coefficient (Wildman–Crippen LogP) is 2.46. The van der Waals surface area contributed by atoms with Crippen molar-refractivity contribution in [2.24, 2.45) is 11.8 Å². The molecule has 0 aromatic heterocycles. The van der Waals surface area contributed by atoms with Crippen LogP contribution in [0.5, 0.6) is 0 Å².